The molecule has 0 bridgehead atoms. The molecule has 0 radical (unpaired) electrons. The van der Waals surface area contributed by atoms with Gasteiger partial charge in [-0.2, -0.15) is 11.8 Å². The quantitative estimate of drug-likeness (QED) is 0.762. The molecule has 0 aliphatic carbocycles. The van der Waals surface area contributed by atoms with Crippen molar-refractivity contribution in [3.63, 3.8) is 0 Å². The lowest BCUT2D eigenvalue weighted by Crippen LogP contribution is -2.57. The zero-order valence-electron chi connectivity index (χ0n) is 8.23. The zero-order chi connectivity index (χ0) is 10.2. The summed E-state index contributed by atoms with van der Waals surface area (Å²) < 4.78 is 1.62. The van der Waals surface area contributed by atoms with Crippen molar-refractivity contribution in [2.75, 3.05) is 5.75 Å². The number of carbonyl (C=O) groups excluding carboxylic acids is 1. The van der Waals surface area contributed by atoms with Crippen LogP contribution in [0.4, 0.5) is 4.79 Å². The SMILES string of the molecule is CC1(C)SCC1NC(=O)n1ccnc1. The van der Waals surface area contributed by atoms with E-state index in [1.165, 1.54) is 10.9 Å². The summed E-state index contributed by atoms with van der Waals surface area (Å²) in [6, 6.07) is 0.170. The average molecular weight is 211 g/mol. The van der Waals surface area contributed by atoms with E-state index in [0.29, 0.717) is 0 Å². The molecular weight excluding hydrogens is 198 g/mol. The van der Waals surface area contributed by atoms with Gasteiger partial charge in [-0.1, -0.05) is 0 Å². The van der Waals surface area contributed by atoms with Crippen LogP contribution >= 0.6 is 11.8 Å². The van der Waals surface area contributed by atoms with Crippen LogP contribution in [-0.2, 0) is 0 Å². The Kier molecular flexibility index (Phi) is 2.26. The van der Waals surface area contributed by atoms with Gasteiger partial charge >= 0.3 is 6.03 Å². The number of amides is 1. The minimum absolute atomic E-state index is 0.0964. The number of thioether (sulfide) groups is 1. The molecule has 1 N–H and O–H groups in total. The van der Waals surface area contributed by atoms with Gasteiger partial charge in [0.05, 0.1) is 6.04 Å². The normalized spacial score (nSPS) is 24.0. The molecule has 2 rings (SSSR count). The third-order valence-electron chi connectivity index (χ3n) is 2.50. The number of rotatable bonds is 1. The summed E-state index contributed by atoms with van der Waals surface area (Å²) in [6.07, 6.45) is 4.75. The van der Waals surface area contributed by atoms with Gasteiger partial charge < -0.3 is 5.32 Å². The van der Waals surface area contributed by atoms with Crippen molar-refractivity contribution in [2.24, 2.45) is 0 Å². The molecule has 1 unspecified atom stereocenters. The van der Waals surface area contributed by atoms with E-state index < -0.39 is 0 Å². The van der Waals surface area contributed by atoms with Gasteiger partial charge in [-0.05, 0) is 13.8 Å². The summed E-state index contributed by atoms with van der Waals surface area (Å²) in [5.41, 5.74) is 0. The van der Waals surface area contributed by atoms with Gasteiger partial charge in [0.2, 0.25) is 0 Å². The molecule has 14 heavy (non-hydrogen) atoms. The Morgan fingerprint density at radius 1 is 1.71 bits per heavy atom. The number of nitrogens with one attached hydrogen (secondary N) is 1. The van der Waals surface area contributed by atoms with Crippen LogP contribution in [0.2, 0.25) is 0 Å². The van der Waals surface area contributed by atoms with Crippen LogP contribution in [0.3, 0.4) is 0 Å². The average Bonchev–Trinajstić information content (AvgIpc) is 2.65. The fourth-order valence-corrected chi connectivity index (χ4v) is 2.46. The van der Waals surface area contributed by atoms with E-state index in [4.69, 9.17) is 0 Å². The Bertz CT molecular complexity index is 334. The first-order chi connectivity index (χ1) is 6.59. The van der Waals surface area contributed by atoms with E-state index in [1.807, 2.05) is 11.8 Å². The number of aromatic nitrogens is 2. The van der Waals surface area contributed by atoms with Gasteiger partial charge in [-0.25, -0.2) is 9.78 Å². The second kappa shape index (κ2) is 3.31. The van der Waals surface area contributed by atoms with Crippen molar-refractivity contribution in [1.82, 2.24) is 14.9 Å². The molecule has 1 aromatic heterocycles. The maximum absolute atomic E-state index is 11.6. The number of carbonyl (C=O) groups is 1. The Labute approximate surface area is 87.1 Å². The molecule has 1 saturated heterocycles. The lowest BCUT2D eigenvalue weighted by molar-refractivity contribution is 0.236. The summed E-state index contributed by atoms with van der Waals surface area (Å²) in [6.45, 7) is 4.28. The van der Waals surface area contributed by atoms with Crippen molar-refractivity contribution in [3.8, 4) is 0 Å². The molecule has 0 saturated carbocycles. The second-order valence-electron chi connectivity index (χ2n) is 3.89. The van der Waals surface area contributed by atoms with Crippen molar-refractivity contribution in [2.45, 2.75) is 24.6 Å². The summed E-state index contributed by atoms with van der Waals surface area (Å²) in [7, 11) is 0. The Hall–Kier alpha value is -0.970. The van der Waals surface area contributed by atoms with Gasteiger partial charge in [0.25, 0.3) is 0 Å². The fourth-order valence-electron chi connectivity index (χ4n) is 1.32. The highest BCUT2D eigenvalue weighted by molar-refractivity contribution is 8.02. The fraction of sp³-hybridized carbons (Fsp3) is 0.556. The van der Waals surface area contributed by atoms with E-state index in [2.05, 4.69) is 24.1 Å². The van der Waals surface area contributed by atoms with E-state index in [-0.39, 0.29) is 16.8 Å². The van der Waals surface area contributed by atoms with Crippen LogP contribution in [0.25, 0.3) is 0 Å². The lowest BCUT2D eigenvalue weighted by Gasteiger charge is -2.43. The number of hydrogen-bond acceptors (Lipinski definition) is 3. The lowest BCUT2D eigenvalue weighted by atomic mass is 10.0. The molecule has 1 atom stereocenters. The maximum Gasteiger partial charge on any atom is 0.327 e. The maximum atomic E-state index is 11.6. The highest BCUT2D eigenvalue weighted by atomic mass is 32.2. The van der Waals surface area contributed by atoms with Crippen LogP contribution < -0.4 is 5.32 Å². The van der Waals surface area contributed by atoms with Crippen molar-refractivity contribution in [1.29, 1.82) is 0 Å². The summed E-state index contributed by atoms with van der Waals surface area (Å²) in [5.74, 6) is 0.993. The molecule has 76 valence electrons. The smallest absolute Gasteiger partial charge is 0.327 e. The van der Waals surface area contributed by atoms with Crippen molar-refractivity contribution in [3.05, 3.63) is 18.7 Å². The minimum Gasteiger partial charge on any atom is -0.332 e. The van der Waals surface area contributed by atoms with Crippen LogP contribution in [0.15, 0.2) is 18.7 Å². The number of imidazole rings is 1. The standard InChI is InChI=1S/C9H13N3OS/c1-9(2)7(5-14-9)11-8(13)12-4-3-10-6-12/h3-4,6-7H,5H2,1-2H3,(H,11,13). The van der Waals surface area contributed by atoms with Gasteiger partial charge in [0.1, 0.15) is 6.33 Å². The first-order valence-electron chi connectivity index (χ1n) is 4.52. The number of nitrogens with zero attached hydrogens (tertiary/aromatic N) is 2. The van der Waals surface area contributed by atoms with Crippen molar-refractivity contribution >= 4 is 17.8 Å². The molecule has 2 heterocycles. The highest BCUT2D eigenvalue weighted by Gasteiger charge is 2.40. The van der Waals surface area contributed by atoms with Crippen molar-refractivity contribution < 1.29 is 4.79 Å². The molecule has 0 aromatic carbocycles. The van der Waals surface area contributed by atoms with Gasteiger partial charge in [0.15, 0.2) is 0 Å². The second-order valence-corrected chi connectivity index (χ2v) is 5.56. The van der Waals surface area contributed by atoms with E-state index >= 15 is 0 Å². The Balaban J connectivity index is 1.96. The monoisotopic (exact) mass is 211 g/mol. The summed E-state index contributed by atoms with van der Waals surface area (Å²) in [5, 5.41) is 2.97. The van der Waals surface area contributed by atoms with Crippen LogP contribution in [0.1, 0.15) is 13.8 Å². The van der Waals surface area contributed by atoms with Crippen LogP contribution in [0, 0.1) is 0 Å². The molecule has 1 amide bonds. The van der Waals surface area contributed by atoms with Crippen LogP contribution in [-0.4, -0.2) is 32.1 Å². The molecular formula is C9H13N3OS. The predicted octanol–water partition coefficient (Wildman–Crippen LogP) is 1.33. The highest BCUT2D eigenvalue weighted by Crippen LogP contribution is 2.39. The minimum atomic E-state index is -0.0964. The van der Waals surface area contributed by atoms with Gasteiger partial charge in [-0.15, -0.1) is 0 Å². The molecule has 5 heteroatoms. The first kappa shape index (κ1) is 9.58. The van der Waals surface area contributed by atoms with E-state index in [9.17, 15) is 4.79 Å². The summed E-state index contributed by atoms with van der Waals surface area (Å²) in [4.78, 5) is 15.4. The molecule has 1 aromatic rings. The molecule has 4 nitrogen and oxygen atoms in total. The van der Waals surface area contributed by atoms with E-state index in [0.717, 1.165) is 5.75 Å². The molecule has 0 spiro atoms. The van der Waals surface area contributed by atoms with Gasteiger partial charge in [-0.3, -0.25) is 4.57 Å². The third-order valence-corrected chi connectivity index (χ3v) is 4.03. The Morgan fingerprint density at radius 3 is 2.93 bits per heavy atom. The Morgan fingerprint density at radius 2 is 2.50 bits per heavy atom. The van der Waals surface area contributed by atoms with Crippen LogP contribution in [0.5, 0.6) is 0 Å². The number of hydrogen-bond donors (Lipinski definition) is 1. The van der Waals surface area contributed by atoms with E-state index in [1.54, 1.807) is 12.4 Å². The third kappa shape index (κ3) is 1.64. The molecule has 1 fully saturated rings. The molecule has 1 aliphatic heterocycles. The summed E-state index contributed by atoms with van der Waals surface area (Å²) >= 11 is 1.87. The topological polar surface area (TPSA) is 46.9 Å². The first-order valence-corrected chi connectivity index (χ1v) is 5.51. The zero-order valence-corrected chi connectivity index (χ0v) is 9.04. The largest absolute Gasteiger partial charge is 0.332 e. The molecule has 1 aliphatic rings. The predicted molar refractivity (Wildman–Crippen MR) is 56.5 cm³/mol. The van der Waals surface area contributed by atoms with Gasteiger partial charge in [0, 0.05) is 22.9 Å².